The fraction of sp³-hybridized carbons (Fsp3) is 0.421. The maximum absolute atomic E-state index is 4.69. The SMILES string of the molecule is CCC/C(CCNC)=C1\c2ccccc2CCn2ccnc21. The van der Waals surface area contributed by atoms with E-state index in [0.717, 1.165) is 38.2 Å². The topological polar surface area (TPSA) is 29.9 Å². The summed E-state index contributed by atoms with van der Waals surface area (Å²) in [4.78, 5) is 4.69. The Kier molecular flexibility index (Phi) is 4.74. The van der Waals surface area contributed by atoms with E-state index >= 15 is 0 Å². The van der Waals surface area contributed by atoms with Crippen LogP contribution in [-0.4, -0.2) is 23.1 Å². The van der Waals surface area contributed by atoms with Crippen molar-refractivity contribution in [2.75, 3.05) is 13.6 Å². The molecular weight excluding hydrogens is 270 g/mol. The summed E-state index contributed by atoms with van der Waals surface area (Å²) < 4.78 is 2.31. The zero-order valence-electron chi connectivity index (χ0n) is 13.6. The summed E-state index contributed by atoms with van der Waals surface area (Å²) in [5.41, 5.74) is 5.72. The molecule has 3 rings (SSSR count). The van der Waals surface area contributed by atoms with Gasteiger partial charge >= 0.3 is 0 Å². The van der Waals surface area contributed by atoms with Gasteiger partial charge in [-0.25, -0.2) is 4.98 Å². The Hall–Kier alpha value is -1.87. The third-order valence-corrected chi connectivity index (χ3v) is 4.43. The zero-order valence-corrected chi connectivity index (χ0v) is 13.6. The predicted octanol–water partition coefficient (Wildman–Crippen LogP) is 3.65. The standard InChI is InChI=1S/C19H25N3/c1-3-6-16(9-11-20-2)18-17-8-5-4-7-15(17)10-13-22-14-12-21-19(18)22/h4-5,7-8,12,14,20H,3,6,9-11,13H2,1-2H3/b18-16-. The van der Waals surface area contributed by atoms with Crippen molar-refractivity contribution in [3.05, 3.63) is 59.2 Å². The Morgan fingerprint density at radius 1 is 1.27 bits per heavy atom. The van der Waals surface area contributed by atoms with E-state index in [1.54, 1.807) is 0 Å². The fourth-order valence-electron chi connectivity index (χ4n) is 3.36. The summed E-state index contributed by atoms with van der Waals surface area (Å²) in [5.74, 6) is 1.14. The predicted molar refractivity (Wildman–Crippen MR) is 91.8 cm³/mol. The van der Waals surface area contributed by atoms with Crippen molar-refractivity contribution < 1.29 is 0 Å². The number of aryl methyl sites for hydroxylation is 2. The van der Waals surface area contributed by atoms with Gasteiger partial charge in [0, 0.05) is 24.5 Å². The highest BCUT2D eigenvalue weighted by atomic mass is 15.1. The van der Waals surface area contributed by atoms with Gasteiger partial charge in [-0.2, -0.15) is 0 Å². The van der Waals surface area contributed by atoms with Crippen LogP contribution in [0.15, 0.2) is 42.2 Å². The van der Waals surface area contributed by atoms with Gasteiger partial charge in [-0.15, -0.1) is 0 Å². The minimum absolute atomic E-state index is 1.02. The van der Waals surface area contributed by atoms with Gasteiger partial charge in [-0.1, -0.05) is 43.2 Å². The third-order valence-electron chi connectivity index (χ3n) is 4.43. The van der Waals surface area contributed by atoms with E-state index in [-0.39, 0.29) is 0 Å². The van der Waals surface area contributed by atoms with Gasteiger partial charge in [-0.3, -0.25) is 0 Å². The van der Waals surface area contributed by atoms with Crippen molar-refractivity contribution in [1.82, 2.24) is 14.9 Å². The second-order valence-electron chi connectivity index (χ2n) is 5.93. The summed E-state index contributed by atoms with van der Waals surface area (Å²) in [5, 5.41) is 3.29. The van der Waals surface area contributed by atoms with Crippen LogP contribution in [0.25, 0.3) is 5.57 Å². The minimum atomic E-state index is 1.02. The van der Waals surface area contributed by atoms with Crippen LogP contribution in [0.1, 0.15) is 43.1 Å². The summed E-state index contributed by atoms with van der Waals surface area (Å²) in [6, 6.07) is 8.84. The first kappa shape index (κ1) is 15.0. The first-order valence-electron chi connectivity index (χ1n) is 8.31. The van der Waals surface area contributed by atoms with Gasteiger partial charge in [-0.05, 0) is 44.0 Å². The Morgan fingerprint density at radius 3 is 2.95 bits per heavy atom. The molecule has 0 saturated heterocycles. The molecule has 1 aliphatic heterocycles. The molecule has 3 heteroatoms. The molecule has 0 bridgehead atoms. The second-order valence-corrected chi connectivity index (χ2v) is 5.93. The van der Waals surface area contributed by atoms with Crippen LogP contribution in [0.2, 0.25) is 0 Å². The van der Waals surface area contributed by atoms with Crippen molar-refractivity contribution >= 4 is 5.57 Å². The number of hydrogen-bond acceptors (Lipinski definition) is 2. The maximum Gasteiger partial charge on any atom is 0.140 e. The zero-order chi connectivity index (χ0) is 15.4. The number of imidazole rings is 1. The van der Waals surface area contributed by atoms with Crippen LogP contribution in [0.4, 0.5) is 0 Å². The molecule has 0 saturated carbocycles. The van der Waals surface area contributed by atoms with Crippen molar-refractivity contribution in [1.29, 1.82) is 0 Å². The number of benzene rings is 1. The smallest absolute Gasteiger partial charge is 0.140 e. The van der Waals surface area contributed by atoms with Crippen LogP contribution >= 0.6 is 0 Å². The van der Waals surface area contributed by atoms with Gasteiger partial charge in [0.1, 0.15) is 5.82 Å². The van der Waals surface area contributed by atoms with E-state index < -0.39 is 0 Å². The van der Waals surface area contributed by atoms with Crippen LogP contribution in [0.3, 0.4) is 0 Å². The minimum Gasteiger partial charge on any atom is -0.331 e. The Bertz CT molecular complexity index is 667. The van der Waals surface area contributed by atoms with Gasteiger partial charge in [0.15, 0.2) is 0 Å². The fourth-order valence-corrected chi connectivity index (χ4v) is 3.36. The summed E-state index contributed by atoms with van der Waals surface area (Å²) in [7, 11) is 2.02. The average molecular weight is 295 g/mol. The number of hydrogen-bond donors (Lipinski definition) is 1. The maximum atomic E-state index is 4.69. The number of nitrogens with zero attached hydrogens (tertiary/aromatic N) is 2. The lowest BCUT2D eigenvalue weighted by Gasteiger charge is -2.16. The van der Waals surface area contributed by atoms with Crippen molar-refractivity contribution in [3.63, 3.8) is 0 Å². The summed E-state index contributed by atoms with van der Waals surface area (Å²) in [6.45, 7) is 4.29. The number of aromatic nitrogens is 2. The Labute approximate surface area is 133 Å². The third kappa shape index (κ3) is 2.86. The van der Waals surface area contributed by atoms with Crippen LogP contribution < -0.4 is 5.32 Å². The van der Waals surface area contributed by atoms with Gasteiger partial charge in [0.2, 0.25) is 0 Å². The molecule has 0 radical (unpaired) electrons. The van der Waals surface area contributed by atoms with Gasteiger partial charge in [0.25, 0.3) is 0 Å². The van der Waals surface area contributed by atoms with E-state index in [1.807, 2.05) is 13.2 Å². The first-order valence-corrected chi connectivity index (χ1v) is 8.31. The molecule has 0 amide bonds. The largest absolute Gasteiger partial charge is 0.331 e. The number of rotatable bonds is 5. The quantitative estimate of drug-likeness (QED) is 0.912. The van der Waals surface area contributed by atoms with Crippen molar-refractivity contribution in [2.24, 2.45) is 0 Å². The second kappa shape index (κ2) is 6.93. The van der Waals surface area contributed by atoms with E-state index in [2.05, 4.69) is 47.3 Å². The normalized spacial score (nSPS) is 15.9. The Morgan fingerprint density at radius 2 is 2.14 bits per heavy atom. The number of nitrogens with one attached hydrogen (secondary N) is 1. The molecule has 1 aliphatic rings. The average Bonchev–Trinajstić information content (AvgIpc) is 2.94. The molecule has 3 nitrogen and oxygen atoms in total. The van der Waals surface area contributed by atoms with Gasteiger partial charge in [0.05, 0.1) is 0 Å². The first-order chi connectivity index (χ1) is 10.8. The lowest BCUT2D eigenvalue weighted by atomic mass is 9.91. The Balaban J connectivity index is 2.19. The molecule has 0 spiro atoms. The number of fused-ring (bicyclic) bond motifs is 2. The van der Waals surface area contributed by atoms with E-state index in [9.17, 15) is 0 Å². The summed E-state index contributed by atoms with van der Waals surface area (Å²) >= 11 is 0. The van der Waals surface area contributed by atoms with Crippen LogP contribution in [-0.2, 0) is 13.0 Å². The molecule has 0 atom stereocenters. The van der Waals surface area contributed by atoms with Crippen molar-refractivity contribution in [2.45, 2.75) is 39.2 Å². The summed E-state index contributed by atoms with van der Waals surface area (Å²) in [6.07, 6.45) is 8.52. The lowest BCUT2D eigenvalue weighted by Crippen LogP contribution is -2.10. The highest BCUT2D eigenvalue weighted by molar-refractivity contribution is 5.81. The monoisotopic (exact) mass is 295 g/mol. The molecule has 0 unspecified atom stereocenters. The van der Waals surface area contributed by atoms with Crippen LogP contribution in [0.5, 0.6) is 0 Å². The van der Waals surface area contributed by atoms with E-state index in [1.165, 1.54) is 28.7 Å². The lowest BCUT2D eigenvalue weighted by molar-refractivity contribution is 0.693. The molecule has 1 aromatic heterocycles. The molecule has 1 N–H and O–H groups in total. The van der Waals surface area contributed by atoms with Crippen molar-refractivity contribution in [3.8, 4) is 0 Å². The molecule has 116 valence electrons. The molecule has 1 aromatic carbocycles. The molecule has 22 heavy (non-hydrogen) atoms. The molecule has 2 heterocycles. The van der Waals surface area contributed by atoms with Crippen LogP contribution in [0, 0.1) is 0 Å². The highest BCUT2D eigenvalue weighted by Crippen LogP contribution is 2.34. The van der Waals surface area contributed by atoms with E-state index in [0.29, 0.717) is 0 Å². The van der Waals surface area contributed by atoms with Gasteiger partial charge < -0.3 is 9.88 Å². The molecule has 2 aromatic rings. The molecular formula is C19H25N3. The molecule has 0 fully saturated rings. The molecule has 0 aliphatic carbocycles. The highest BCUT2D eigenvalue weighted by Gasteiger charge is 2.21. The van der Waals surface area contributed by atoms with E-state index in [4.69, 9.17) is 4.98 Å².